The molecule has 1 aromatic rings. The molecule has 0 fully saturated rings. The standard InChI is InChI=1S/C8H14ClN3O3S/c1-5(13)4-10-16(14,15)7-6(2)11-12(3)8(7)9/h5,10,13H,4H2,1-3H3. The summed E-state index contributed by atoms with van der Waals surface area (Å²) in [6.45, 7) is 2.98. The molecule has 1 rings (SSSR count). The molecule has 0 aliphatic heterocycles. The van der Waals surface area contributed by atoms with Gasteiger partial charge in [0.1, 0.15) is 10.0 Å². The van der Waals surface area contributed by atoms with Gasteiger partial charge in [-0.2, -0.15) is 5.10 Å². The fourth-order valence-electron chi connectivity index (χ4n) is 1.22. The number of nitrogens with one attached hydrogen (secondary N) is 1. The van der Waals surface area contributed by atoms with Gasteiger partial charge in [-0.05, 0) is 13.8 Å². The van der Waals surface area contributed by atoms with E-state index in [2.05, 4.69) is 9.82 Å². The summed E-state index contributed by atoms with van der Waals surface area (Å²) in [5, 5.41) is 13.0. The number of nitrogens with zero attached hydrogens (tertiary/aromatic N) is 2. The van der Waals surface area contributed by atoms with Crippen molar-refractivity contribution in [1.82, 2.24) is 14.5 Å². The van der Waals surface area contributed by atoms with E-state index in [0.717, 1.165) is 0 Å². The molecule has 2 N–H and O–H groups in total. The molecule has 0 radical (unpaired) electrons. The van der Waals surface area contributed by atoms with Crippen LogP contribution in [0.25, 0.3) is 0 Å². The zero-order valence-corrected chi connectivity index (χ0v) is 10.8. The second-order valence-electron chi connectivity index (χ2n) is 3.53. The van der Waals surface area contributed by atoms with Gasteiger partial charge in [-0.3, -0.25) is 4.68 Å². The molecule has 16 heavy (non-hydrogen) atoms. The Morgan fingerprint density at radius 1 is 1.62 bits per heavy atom. The van der Waals surface area contributed by atoms with Crippen molar-refractivity contribution in [3.8, 4) is 0 Å². The number of aromatic nitrogens is 2. The lowest BCUT2D eigenvalue weighted by atomic mass is 10.4. The van der Waals surface area contributed by atoms with Crippen LogP contribution in [0.1, 0.15) is 12.6 Å². The molecule has 1 atom stereocenters. The first-order valence-electron chi connectivity index (χ1n) is 4.62. The highest BCUT2D eigenvalue weighted by molar-refractivity contribution is 7.89. The maximum atomic E-state index is 11.8. The van der Waals surface area contributed by atoms with Crippen LogP contribution in [0.5, 0.6) is 0 Å². The number of aryl methyl sites for hydroxylation is 2. The van der Waals surface area contributed by atoms with E-state index in [4.69, 9.17) is 16.7 Å². The lowest BCUT2D eigenvalue weighted by Crippen LogP contribution is -2.31. The van der Waals surface area contributed by atoms with Crippen molar-refractivity contribution >= 4 is 21.6 Å². The van der Waals surface area contributed by atoms with Crippen LogP contribution >= 0.6 is 11.6 Å². The molecular weight excluding hydrogens is 254 g/mol. The summed E-state index contributed by atoms with van der Waals surface area (Å²) < 4.78 is 27.2. The van der Waals surface area contributed by atoms with Gasteiger partial charge in [0.25, 0.3) is 0 Å². The third-order valence-electron chi connectivity index (χ3n) is 1.94. The van der Waals surface area contributed by atoms with E-state index in [0.29, 0.717) is 5.69 Å². The second kappa shape index (κ2) is 4.70. The molecule has 0 bridgehead atoms. The number of rotatable bonds is 4. The van der Waals surface area contributed by atoms with E-state index in [1.807, 2.05) is 0 Å². The molecule has 92 valence electrons. The van der Waals surface area contributed by atoms with E-state index in [9.17, 15) is 8.42 Å². The third kappa shape index (κ3) is 2.73. The summed E-state index contributed by atoms with van der Waals surface area (Å²) in [6, 6.07) is 0. The van der Waals surface area contributed by atoms with Crippen molar-refractivity contribution in [3.63, 3.8) is 0 Å². The van der Waals surface area contributed by atoms with Crippen LogP contribution in [0.3, 0.4) is 0 Å². The van der Waals surface area contributed by atoms with Crippen LogP contribution in [0.4, 0.5) is 0 Å². The molecule has 8 heteroatoms. The minimum Gasteiger partial charge on any atom is -0.392 e. The number of hydrogen-bond acceptors (Lipinski definition) is 4. The first-order chi connectivity index (χ1) is 7.25. The number of hydrogen-bond donors (Lipinski definition) is 2. The Labute approximate surface area is 99.3 Å². The zero-order valence-electron chi connectivity index (χ0n) is 9.23. The number of halogens is 1. The lowest BCUT2D eigenvalue weighted by molar-refractivity contribution is 0.198. The highest BCUT2D eigenvalue weighted by atomic mass is 35.5. The van der Waals surface area contributed by atoms with Crippen molar-refractivity contribution in [2.45, 2.75) is 24.8 Å². The predicted octanol–water partition coefficient (Wildman–Crippen LogP) is 0.0410. The van der Waals surface area contributed by atoms with Gasteiger partial charge in [-0.15, -0.1) is 0 Å². The average molecular weight is 268 g/mol. The predicted molar refractivity (Wildman–Crippen MR) is 59.8 cm³/mol. The van der Waals surface area contributed by atoms with Crippen molar-refractivity contribution in [2.75, 3.05) is 6.54 Å². The molecule has 0 aliphatic rings. The smallest absolute Gasteiger partial charge is 0.245 e. The topological polar surface area (TPSA) is 84.2 Å². The SMILES string of the molecule is Cc1nn(C)c(Cl)c1S(=O)(=O)NCC(C)O. The Hall–Kier alpha value is -0.630. The average Bonchev–Trinajstić information content (AvgIpc) is 2.38. The van der Waals surface area contributed by atoms with Gasteiger partial charge in [0.05, 0.1) is 11.8 Å². The molecule has 0 aromatic carbocycles. The summed E-state index contributed by atoms with van der Waals surface area (Å²) >= 11 is 5.83. The van der Waals surface area contributed by atoms with Crippen LogP contribution in [-0.4, -0.2) is 36.0 Å². The lowest BCUT2D eigenvalue weighted by Gasteiger charge is -2.07. The van der Waals surface area contributed by atoms with E-state index < -0.39 is 16.1 Å². The monoisotopic (exact) mass is 267 g/mol. The van der Waals surface area contributed by atoms with Crippen molar-refractivity contribution in [1.29, 1.82) is 0 Å². The number of aliphatic hydroxyl groups excluding tert-OH is 1. The summed E-state index contributed by atoms with van der Waals surface area (Å²) in [7, 11) is -2.16. The maximum absolute atomic E-state index is 11.8. The molecule has 0 amide bonds. The second-order valence-corrected chi connectivity index (χ2v) is 5.59. The zero-order chi connectivity index (χ0) is 12.5. The van der Waals surface area contributed by atoms with Gasteiger partial charge < -0.3 is 5.11 Å². The van der Waals surface area contributed by atoms with Crippen molar-refractivity contribution < 1.29 is 13.5 Å². The van der Waals surface area contributed by atoms with Crippen molar-refractivity contribution in [3.05, 3.63) is 10.8 Å². The Morgan fingerprint density at radius 2 is 2.19 bits per heavy atom. The van der Waals surface area contributed by atoms with Gasteiger partial charge in [0.2, 0.25) is 10.0 Å². The minimum absolute atomic E-state index is 0.0442. The van der Waals surface area contributed by atoms with E-state index in [1.165, 1.54) is 11.6 Å². The van der Waals surface area contributed by atoms with Crippen LogP contribution in [-0.2, 0) is 17.1 Å². The number of sulfonamides is 1. The normalized spacial score (nSPS) is 14.1. The summed E-state index contributed by atoms with van der Waals surface area (Å²) in [5.74, 6) is 0. The molecule has 0 aliphatic carbocycles. The van der Waals surface area contributed by atoms with E-state index in [-0.39, 0.29) is 16.6 Å². The summed E-state index contributed by atoms with van der Waals surface area (Å²) in [6.07, 6.45) is -0.759. The van der Waals surface area contributed by atoms with Crippen LogP contribution in [0.15, 0.2) is 4.90 Å². The Balaban J connectivity index is 3.08. The highest BCUT2D eigenvalue weighted by Gasteiger charge is 2.24. The molecule has 1 aromatic heterocycles. The fourth-order valence-corrected chi connectivity index (χ4v) is 3.09. The quantitative estimate of drug-likeness (QED) is 0.807. The van der Waals surface area contributed by atoms with Gasteiger partial charge in [0, 0.05) is 13.6 Å². The maximum Gasteiger partial charge on any atom is 0.245 e. The van der Waals surface area contributed by atoms with Crippen LogP contribution in [0, 0.1) is 6.92 Å². The highest BCUT2D eigenvalue weighted by Crippen LogP contribution is 2.23. The first-order valence-corrected chi connectivity index (χ1v) is 6.48. The minimum atomic E-state index is -3.72. The first kappa shape index (κ1) is 13.4. The number of aliphatic hydroxyl groups is 1. The molecule has 6 nitrogen and oxygen atoms in total. The van der Waals surface area contributed by atoms with Crippen LogP contribution < -0.4 is 4.72 Å². The molecule has 0 saturated carbocycles. The fraction of sp³-hybridized carbons (Fsp3) is 0.625. The molecule has 0 spiro atoms. The molecule has 0 saturated heterocycles. The molecule has 1 unspecified atom stereocenters. The third-order valence-corrected chi connectivity index (χ3v) is 4.06. The van der Waals surface area contributed by atoms with E-state index >= 15 is 0 Å². The van der Waals surface area contributed by atoms with Crippen molar-refractivity contribution in [2.24, 2.45) is 7.05 Å². The van der Waals surface area contributed by atoms with Gasteiger partial charge in [0.15, 0.2) is 0 Å². The summed E-state index contributed by atoms with van der Waals surface area (Å²) in [5.41, 5.74) is 0.325. The molecular formula is C8H14ClN3O3S. The van der Waals surface area contributed by atoms with Gasteiger partial charge in [-0.1, -0.05) is 11.6 Å². The molecule has 1 heterocycles. The summed E-state index contributed by atoms with van der Waals surface area (Å²) in [4.78, 5) is -0.0442. The Bertz CT molecular complexity index is 481. The van der Waals surface area contributed by atoms with E-state index in [1.54, 1.807) is 14.0 Å². The van der Waals surface area contributed by atoms with Crippen LogP contribution in [0.2, 0.25) is 5.15 Å². The Morgan fingerprint density at radius 3 is 2.56 bits per heavy atom. The van der Waals surface area contributed by atoms with Gasteiger partial charge in [-0.25, -0.2) is 13.1 Å². The van der Waals surface area contributed by atoms with Gasteiger partial charge >= 0.3 is 0 Å². The largest absolute Gasteiger partial charge is 0.392 e. The Kier molecular flexibility index (Phi) is 3.95.